The highest BCUT2D eigenvalue weighted by atomic mass is 32.2. The van der Waals surface area contributed by atoms with Crippen LogP contribution in [0.5, 0.6) is 5.75 Å². The van der Waals surface area contributed by atoms with E-state index in [-0.39, 0.29) is 47.8 Å². The molecule has 4 rings (SSSR count). The van der Waals surface area contributed by atoms with Gasteiger partial charge in [-0.2, -0.15) is 4.72 Å². The summed E-state index contributed by atoms with van der Waals surface area (Å²) in [6, 6.07) is 14.8. The number of rotatable bonds is 14. The van der Waals surface area contributed by atoms with Crippen molar-refractivity contribution in [1.82, 2.24) is 14.6 Å². The summed E-state index contributed by atoms with van der Waals surface area (Å²) in [5, 5.41) is 20.7. The van der Waals surface area contributed by atoms with Gasteiger partial charge in [0.25, 0.3) is 0 Å². The van der Waals surface area contributed by atoms with Crippen LogP contribution in [0.25, 0.3) is 10.9 Å². The number of carbonyl (C=O) groups excluding carboxylic acids is 1. The molecule has 0 fully saturated rings. The smallest absolute Gasteiger partial charge is 0.323 e. The summed E-state index contributed by atoms with van der Waals surface area (Å²) < 4.78 is 35.5. The Kier molecular flexibility index (Phi) is 9.72. The highest BCUT2D eigenvalue weighted by Crippen LogP contribution is 2.30. The molecule has 0 spiro atoms. The number of carboxylic acids is 2. The van der Waals surface area contributed by atoms with E-state index in [0.717, 1.165) is 4.90 Å². The Bertz CT molecular complexity index is 1750. The number of para-hydroxylation sites is 1. The van der Waals surface area contributed by atoms with Crippen molar-refractivity contribution in [2.24, 2.45) is 0 Å². The van der Waals surface area contributed by atoms with Gasteiger partial charge >= 0.3 is 11.9 Å². The Morgan fingerprint density at radius 1 is 1.00 bits per heavy atom. The number of H-pyrrole nitrogens is 1. The molecule has 0 bridgehead atoms. The van der Waals surface area contributed by atoms with Crippen molar-refractivity contribution >= 4 is 50.1 Å². The number of aromatic amines is 1. The number of sulfonamides is 1. The third kappa shape index (κ3) is 7.81. The van der Waals surface area contributed by atoms with Gasteiger partial charge < -0.3 is 24.8 Å². The van der Waals surface area contributed by atoms with Gasteiger partial charge in [0.15, 0.2) is 0 Å². The number of amides is 1. The largest absolute Gasteiger partial charge is 0.493 e. The zero-order valence-corrected chi connectivity index (χ0v) is 23.7. The van der Waals surface area contributed by atoms with E-state index in [9.17, 15) is 32.7 Å². The molecule has 2 heterocycles. The van der Waals surface area contributed by atoms with Crippen LogP contribution >= 0.6 is 11.3 Å². The molecule has 0 unspecified atom stereocenters. The Morgan fingerprint density at radius 3 is 2.50 bits per heavy atom. The molecule has 4 aromatic rings. The first-order valence-electron chi connectivity index (χ1n) is 12.7. The average Bonchev–Trinajstić information content (AvgIpc) is 3.46. The standard InChI is InChI=1S/C28H27N3O9S2/c32-24-12-9-18-15-20(10-11-22(18)29-24)42(38,39)30-27(21-6-1-2-7-23(21)40-13-3-8-25(33)34)28(37)31(17-26(35)36)16-19-5-4-14-41-19/h1-2,4-7,9-12,14-15,27,30H,3,8,13,16-17H2,(H,29,32)(H,33,34)(H,35,36)/t27-/m0/s1. The highest BCUT2D eigenvalue weighted by molar-refractivity contribution is 7.89. The van der Waals surface area contributed by atoms with Gasteiger partial charge in [-0.1, -0.05) is 24.3 Å². The number of hydrogen-bond donors (Lipinski definition) is 4. The maximum absolute atomic E-state index is 14.0. The molecule has 0 aliphatic rings. The van der Waals surface area contributed by atoms with Gasteiger partial charge in [-0.25, -0.2) is 8.42 Å². The summed E-state index contributed by atoms with van der Waals surface area (Å²) >= 11 is 1.31. The van der Waals surface area contributed by atoms with Crippen LogP contribution < -0.4 is 15.0 Å². The maximum Gasteiger partial charge on any atom is 0.323 e. The first-order chi connectivity index (χ1) is 20.0. The number of nitrogens with one attached hydrogen (secondary N) is 2. The number of ether oxygens (including phenoxy) is 1. The minimum Gasteiger partial charge on any atom is -0.493 e. The van der Waals surface area contributed by atoms with E-state index in [1.807, 2.05) is 0 Å². The molecule has 4 N–H and O–H groups in total. The lowest BCUT2D eigenvalue weighted by molar-refractivity contribution is -0.145. The number of fused-ring (bicyclic) bond motifs is 1. The number of pyridine rings is 1. The summed E-state index contributed by atoms with van der Waals surface area (Å²) in [4.78, 5) is 52.4. The molecule has 1 atom stereocenters. The number of nitrogens with zero attached hydrogens (tertiary/aromatic N) is 1. The van der Waals surface area contributed by atoms with E-state index >= 15 is 0 Å². The number of aliphatic carboxylic acids is 2. The van der Waals surface area contributed by atoms with Gasteiger partial charge in [-0.3, -0.25) is 19.2 Å². The number of hydrogen-bond acceptors (Lipinski definition) is 8. The van der Waals surface area contributed by atoms with Crippen LogP contribution in [0.2, 0.25) is 0 Å². The van der Waals surface area contributed by atoms with Crippen molar-refractivity contribution in [1.29, 1.82) is 0 Å². The molecule has 220 valence electrons. The van der Waals surface area contributed by atoms with Crippen LogP contribution in [0.4, 0.5) is 0 Å². The number of carboxylic acid groups (broad SMARTS) is 2. The summed E-state index contributed by atoms with van der Waals surface area (Å²) in [5.41, 5.74) is 0.178. The van der Waals surface area contributed by atoms with Gasteiger partial charge in [0.05, 0.1) is 18.0 Å². The molecule has 14 heteroatoms. The van der Waals surface area contributed by atoms with E-state index in [4.69, 9.17) is 9.84 Å². The van der Waals surface area contributed by atoms with E-state index in [2.05, 4.69) is 9.71 Å². The fourth-order valence-corrected chi connectivity index (χ4v) is 6.10. The first-order valence-corrected chi connectivity index (χ1v) is 15.0. The van der Waals surface area contributed by atoms with Crippen LogP contribution in [0, 0.1) is 0 Å². The monoisotopic (exact) mass is 613 g/mol. The van der Waals surface area contributed by atoms with E-state index in [1.165, 1.54) is 53.8 Å². The van der Waals surface area contributed by atoms with E-state index < -0.39 is 40.5 Å². The Hall–Kier alpha value is -4.53. The summed E-state index contributed by atoms with van der Waals surface area (Å²) in [7, 11) is -4.40. The van der Waals surface area contributed by atoms with Gasteiger partial charge in [0.2, 0.25) is 21.5 Å². The van der Waals surface area contributed by atoms with Gasteiger partial charge in [-0.05, 0) is 53.6 Å². The van der Waals surface area contributed by atoms with E-state index in [0.29, 0.717) is 15.8 Å². The van der Waals surface area contributed by atoms with Crippen molar-refractivity contribution in [2.75, 3.05) is 13.2 Å². The third-order valence-corrected chi connectivity index (χ3v) is 8.39. The van der Waals surface area contributed by atoms with Gasteiger partial charge in [-0.15, -0.1) is 11.3 Å². The van der Waals surface area contributed by atoms with Crippen molar-refractivity contribution in [3.05, 3.63) is 92.9 Å². The molecule has 1 amide bonds. The number of benzene rings is 2. The molecule has 2 aromatic carbocycles. The minimum absolute atomic E-state index is 0.0200. The Balaban J connectivity index is 1.74. The molecule has 0 saturated heterocycles. The van der Waals surface area contributed by atoms with Crippen molar-refractivity contribution in [3.63, 3.8) is 0 Å². The normalized spacial score (nSPS) is 12.1. The van der Waals surface area contributed by atoms with Crippen LogP contribution in [0.15, 0.2) is 81.8 Å². The average molecular weight is 614 g/mol. The number of carbonyl (C=O) groups is 3. The molecule has 12 nitrogen and oxygen atoms in total. The molecular weight excluding hydrogens is 586 g/mol. The zero-order valence-electron chi connectivity index (χ0n) is 22.1. The molecule has 0 saturated carbocycles. The molecule has 2 aromatic heterocycles. The lowest BCUT2D eigenvalue weighted by Gasteiger charge is -2.27. The maximum atomic E-state index is 14.0. The SMILES string of the molecule is O=C(O)CCCOc1ccccc1[C@H](NS(=O)(=O)c1ccc2[nH]c(=O)ccc2c1)C(=O)N(CC(=O)O)Cc1cccs1. The lowest BCUT2D eigenvalue weighted by atomic mass is 10.0. The topological polar surface area (TPSA) is 183 Å². The second-order valence-electron chi connectivity index (χ2n) is 9.18. The fourth-order valence-electron chi connectivity index (χ4n) is 4.17. The predicted octanol–water partition coefficient (Wildman–Crippen LogP) is 2.97. The summed E-state index contributed by atoms with van der Waals surface area (Å²) in [6.07, 6.45) is 0.00823. The van der Waals surface area contributed by atoms with Crippen LogP contribution in [0.1, 0.15) is 29.3 Å². The van der Waals surface area contributed by atoms with Gasteiger partial charge in [0, 0.05) is 28.4 Å². The van der Waals surface area contributed by atoms with Crippen molar-refractivity contribution in [3.8, 4) is 5.75 Å². The highest BCUT2D eigenvalue weighted by Gasteiger charge is 2.34. The number of thiophene rings is 1. The quantitative estimate of drug-likeness (QED) is 0.155. The minimum atomic E-state index is -4.40. The predicted molar refractivity (Wildman–Crippen MR) is 154 cm³/mol. The Morgan fingerprint density at radius 2 is 1.79 bits per heavy atom. The van der Waals surface area contributed by atoms with Crippen molar-refractivity contribution < 1.29 is 37.8 Å². The summed E-state index contributed by atoms with van der Waals surface area (Å²) in [6.45, 7) is -0.792. The van der Waals surface area contributed by atoms with Gasteiger partial charge in [0.1, 0.15) is 18.3 Å². The lowest BCUT2D eigenvalue weighted by Crippen LogP contribution is -2.44. The number of aromatic nitrogens is 1. The molecule has 0 radical (unpaired) electrons. The van der Waals surface area contributed by atoms with Crippen LogP contribution in [0.3, 0.4) is 0 Å². The van der Waals surface area contributed by atoms with Crippen LogP contribution in [-0.4, -0.2) is 59.5 Å². The molecular formula is C28H27N3O9S2. The third-order valence-electron chi connectivity index (χ3n) is 6.11. The Labute approximate surface area is 244 Å². The zero-order chi connectivity index (χ0) is 30.3. The second kappa shape index (κ2) is 13.4. The summed E-state index contributed by atoms with van der Waals surface area (Å²) in [5.74, 6) is -3.00. The fraction of sp³-hybridized carbons (Fsp3) is 0.214. The van der Waals surface area contributed by atoms with Crippen molar-refractivity contribution in [2.45, 2.75) is 30.3 Å². The molecule has 0 aliphatic carbocycles. The van der Waals surface area contributed by atoms with Crippen LogP contribution in [-0.2, 0) is 31.0 Å². The molecule has 0 aliphatic heterocycles. The molecule has 42 heavy (non-hydrogen) atoms. The first kappa shape index (κ1) is 30.4. The van der Waals surface area contributed by atoms with E-state index in [1.54, 1.807) is 29.6 Å². The second-order valence-corrected chi connectivity index (χ2v) is 11.9.